The van der Waals surface area contributed by atoms with E-state index >= 15 is 0 Å². The van der Waals surface area contributed by atoms with Crippen LogP contribution in [-0.2, 0) is 19.3 Å². The molecule has 180 valence electrons. The Labute approximate surface area is 189 Å². The predicted octanol–water partition coefficient (Wildman–Crippen LogP) is 3.93. The van der Waals surface area contributed by atoms with Gasteiger partial charge in [-0.2, -0.15) is 18.2 Å². The third-order valence-electron chi connectivity index (χ3n) is 5.31. The summed E-state index contributed by atoms with van der Waals surface area (Å²) in [7, 11) is 1.84. The van der Waals surface area contributed by atoms with Crippen LogP contribution in [0.15, 0.2) is 35.4 Å². The van der Waals surface area contributed by atoms with Crippen LogP contribution in [0.4, 0.5) is 27.8 Å². The Morgan fingerprint density at radius 2 is 1.76 bits per heavy atom. The van der Waals surface area contributed by atoms with Gasteiger partial charge >= 0.3 is 11.9 Å². The lowest BCUT2D eigenvalue weighted by molar-refractivity contribution is -0.145. The zero-order valence-electron chi connectivity index (χ0n) is 17.9. The van der Waals surface area contributed by atoms with Crippen LogP contribution < -0.4 is 20.1 Å². The molecule has 0 radical (unpaired) electrons. The maximum atomic E-state index is 14.5. The Hall–Kier alpha value is -3.77. The molecule has 0 amide bonds. The fourth-order valence-corrected chi connectivity index (χ4v) is 3.37. The zero-order chi connectivity index (χ0) is 24.6. The maximum absolute atomic E-state index is 14.5. The minimum absolute atomic E-state index is 0.000228. The van der Waals surface area contributed by atoms with Crippen LogP contribution in [0, 0.1) is 11.6 Å². The van der Waals surface area contributed by atoms with Crippen molar-refractivity contribution in [3.63, 3.8) is 0 Å². The third kappa shape index (κ3) is 4.77. The minimum atomic E-state index is -4.76. The number of halogens is 5. The summed E-state index contributed by atoms with van der Waals surface area (Å²) in [4.78, 5) is 24.2. The first kappa shape index (κ1) is 23.4. The van der Waals surface area contributed by atoms with Gasteiger partial charge in [-0.1, -0.05) is 0 Å². The van der Waals surface area contributed by atoms with E-state index in [9.17, 15) is 26.7 Å². The van der Waals surface area contributed by atoms with Crippen molar-refractivity contribution in [1.82, 2.24) is 19.5 Å². The second kappa shape index (κ2) is 8.88. The summed E-state index contributed by atoms with van der Waals surface area (Å²) < 4.78 is 78.5. The van der Waals surface area contributed by atoms with Gasteiger partial charge in [0.15, 0.2) is 23.1 Å². The molecule has 1 atom stereocenters. The van der Waals surface area contributed by atoms with Crippen molar-refractivity contribution in [3.8, 4) is 17.4 Å². The Morgan fingerprint density at radius 1 is 1.12 bits per heavy atom. The summed E-state index contributed by atoms with van der Waals surface area (Å²) in [6, 6.07) is 3.65. The van der Waals surface area contributed by atoms with Crippen LogP contribution in [0.3, 0.4) is 0 Å². The molecule has 3 heterocycles. The van der Waals surface area contributed by atoms with Crippen LogP contribution in [0.2, 0.25) is 0 Å². The number of benzene rings is 1. The fourth-order valence-electron chi connectivity index (χ4n) is 3.37. The molecule has 0 fully saturated rings. The average Bonchev–Trinajstić information content (AvgIpc) is 2.77. The Kier molecular flexibility index (Phi) is 6.11. The maximum Gasteiger partial charge on any atom is 0.451 e. The van der Waals surface area contributed by atoms with E-state index in [1.165, 1.54) is 4.57 Å². The highest BCUT2D eigenvalue weighted by molar-refractivity contribution is 5.44. The highest BCUT2D eigenvalue weighted by atomic mass is 19.4. The number of rotatable bonds is 5. The Bertz CT molecular complexity index is 1240. The summed E-state index contributed by atoms with van der Waals surface area (Å²) in [5, 5.41) is 0. The molecular formula is C21H18F5N5O3. The SMILES string of the molecule is C[C@@H]1CCn2c(cc(OCc3cc(F)c(Oc4cnc(C(F)(F)F)nc4)c(F)c3)nc2=O)N1C. The first-order chi connectivity index (χ1) is 16.0. The molecule has 0 unspecified atom stereocenters. The normalized spacial score (nSPS) is 15.7. The van der Waals surface area contributed by atoms with Gasteiger partial charge < -0.3 is 14.4 Å². The summed E-state index contributed by atoms with van der Waals surface area (Å²) in [5.41, 5.74) is -0.418. The standard InChI is InChI=1S/C21H18F5N5O3/c1-11-3-4-31-17(30(11)2)7-16(29-20(31)32)33-10-12-5-14(22)18(15(23)6-12)34-13-8-27-19(28-9-13)21(24,25)26/h5-9,11H,3-4,10H2,1-2H3/t11-/m1/s1. The highest BCUT2D eigenvalue weighted by Gasteiger charge is 2.34. The molecule has 0 spiro atoms. The molecule has 3 aromatic rings. The van der Waals surface area contributed by atoms with E-state index < -0.39 is 35.1 Å². The topological polar surface area (TPSA) is 82.4 Å². The molecule has 0 N–H and O–H groups in total. The molecule has 8 nitrogen and oxygen atoms in total. The van der Waals surface area contributed by atoms with Gasteiger partial charge in [-0.15, -0.1) is 0 Å². The van der Waals surface area contributed by atoms with Crippen molar-refractivity contribution < 1.29 is 31.4 Å². The number of hydrogen-bond acceptors (Lipinski definition) is 7. The molecule has 0 aliphatic carbocycles. The molecule has 34 heavy (non-hydrogen) atoms. The van der Waals surface area contributed by atoms with Crippen molar-refractivity contribution >= 4 is 5.82 Å². The molecule has 0 saturated carbocycles. The molecule has 0 saturated heterocycles. The predicted molar refractivity (Wildman–Crippen MR) is 109 cm³/mol. The van der Waals surface area contributed by atoms with E-state index in [0.29, 0.717) is 24.8 Å². The fraction of sp³-hybridized carbons (Fsp3) is 0.333. The second-order valence-corrected chi connectivity index (χ2v) is 7.65. The highest BCUT2D eigenvalue weighted by Crippen LogP contribution is 2.31. The Balaban J connectivity index is 1.49. The molecule has 1 aliphatic rings. The van der Waals surface area contributed by atoms with Gasteiger partial charge in [0.2, 0.25) is 11.7 Å². The summed E-state index contributed by atoms with van der Waals surface area (Å²) in [6.07, 6.45) is -2.66. The van der Waals surface area contributed by atoms with E-state index in [2.05, 4.69) is 15.0 Å². The van der Waals surface area contributed by atoms with Crippen molar-refractivity contribution in [1.29, 1.82) is 0 Å². The van der Waals surface area contributed by atoms with Crippen LogP contribution in [-0.4, -0.2) is 32.6 Å². The van der Waals surface area contributed by atoms with Crippen LogP contribution in [0.5, 0.6) is 17.4 Å². The van der Waals surface area contributed by atoms with Crippen LogP contribution >= 0.6 is 0 Å². The molecular weight excluding hydrogens is 465 g/mol. The van der Waals surface area contributed by atoms with Gasteiger partial charge in [0.05, 0.1) is 12.4 Å². The molecule has 1 aliphatic heterocycles. The number of hydrogen-bond donors (Lipinski definition) is 0. The van der Waals surface area contributed by atoms with E-state index in [1.807, 2.05) is 18.9 Å². The average molecular weight is 483 g/mol. The van der Waals surface area contributed by atoms with Crippen LogP contribution in [0.25, 0.3) is 0 Å². The summed E-state index contributed by atoms with van der Waals surface area (Å²) in [5.74, 6) is -4.26. The van der Waals surface area contributed by atoms with E-state index in [1.54, 1.807) is 6.07 Å². The van der Waals surface area contributed by atoms with Gasteiger partial charge in [-0.05, 0) is 31.0 Å². The van der Waals surface area contributed by atoms with Crippen molar-refractivity contribution in [2.75, 3.05) is 11.9 Å². The van der Waals surface area contributed by atoms with Gasteiger partial charge in [-0.3, -0.25) is 4.57 Å². The number of anilines is 1. The third-order valence-corrected chi connectivity index (χ3v) is 5.31. The summed E-state index contributed by atoms with van der Waals surface area (Å²) in [6.45, 7) is 2.24. The van der Waals surface area contributed by atoms with E-state index in [0.717, 1.165) is 18.6 Å². The second-order valence-electron chi connectivity index (χ2n) is 7.65. The lowest BCUT2D eigenvalue weighted by Gasteiger charge is -2.34. The van der Waals surface area contributed by atoms with E-state index in [-0.39, 0.29) is 29.8 Å². The first-order valence-corrected chi connectivity index (χ1v) is 10.1. The lowest BCUT2D eigenvalue weighted by Crippen LogP contribution is -2.41. The molecule has 13 heteroatoms. The van der Waals surface area contributed by atoms with Crippen molar-refractivity contribution in [2.24, 2.45) is 0 Å². The minimum Gasteiger partial charge on any atom is -0.473 e. The smallest absolute Gasteiger partial charge is 0.451 e. The number of ether oxygens (including phenoxy) is 2. The lowest BCUT2D eigenvalue weighted by atomic mass is 10.1. The van der Waals surface area contributed by atoms with Gasteiger partial charge in [0.25, 0.3) is 0 Å². The number of nitrogens with zero attached hydrogens (tertiary/aromatic N) is 5. The van der Waals surface area contributed by atoms with Crippen LogP contribution in [0.1, 0.15) is 24.7 Å². The molecule has 2 aromatic heterocycles. The number of alkyl halides is 3. The van der Waals surface area contributed by atoms with Gasteiger partial charge in [-0.25, -0.2) is 23.5 Å². The van der Waals surface area contributed by atoms with Gasteiger partial charge in [0, 0.05) is 25.7 Å². The summed E-state index contributed by atoms with van der Waals surface area (Å²) >= 11 is 0. The number of fused-ring (bicyclic) bond motifs is 1. The van der Waals surface area contributed by atoms with Crippen molar-refractivity contribution in [2.45, 2.75) is 38.7 Å². The molecule has 1 aromatic carbocycles. The first-order valence-electron chi connectivity index (χ1n) is 10.1. The molecule has 0 bridgehead atoms. The van der Waals surface area contributed by atoms with E-state index in [4.69, 9.17) is 9.47 Å². The van der Waals surface area contributed by atoms with Gasteiger partial charge in [0.1, 0.15) is 12.4 Å². The largest absolute Gasteiger partial charge is 0.473 e. The quantitative estimate of drug-likeness (QED) is 0.509. The Morgan fingerprint density at radius 3 is 2.38 bits per heavy atom. The van der Waals surface area contributed by atoms with Crippen molar-refractivity contribution in [3.05, 3.63) is 64.1 Å². The zero-order valence-corrected chi connectivity index (χ0v) is 17.9. The molecule has 4 rings (SSSR count). The monoisotopic (exact) mass is 483 g/mol. The number of aromatic nitrogens is 4.